The van der Waals surface area contributed by atoms with Crippen molar-refractivity contribution in [1.29, 1.82) is 0 Å². The molecule has 2 aliphatic rings. The maximum absolute atomic E-state index is 11.9. The Balaban J connectivity index is 1.39. The second-order valence-corrected chi connectivity index (χ2v) is 6.58. The number of aromatic nitrogens is 3. The van der Waals surface area contributed by atoms with Crippen LogP contribution in [-0.4, -0.2) is 20.9 Å². The molecule has 5 nitrogen and oxygen atoms in total. The molecule has 0 radical (unpaired) electrons. The van der Waals surface area contributed by atoms with E-state index in [1.165, 1.54) is 12.8 Å². The second kappa shape index (κ2) is 4.55. The molecular weight excluding hydrogens is 322 g/mol. The van der Waals surface area contributed by atoms with Gasteiger partial charge in [-0.3, -0.25) is 4.79 Å². The first-order valence-corrected chi connectivity index (χ1v) is 7.67. The molecule has 0 bridgehead atoms. The molecule has 1 N–H and O–H groups in total. The van der Waals surface area contributed by atoms with Crippen LogP contribution in [0.2, 0.25) is 0 Å². The molecule has 2 heterocycles. The first-order chi connectivity index (χ1) is 9.70. The smallest absolute Gasteiger partial charge is 0.309 e. The molecule has 20 heavy (non-hydrogen) atoms. The molecule has 2 atom stereocenters. The Morgan fingerprint density at radius 1 is 1.50 bits per heavy atom. The molecule has 0 aliphatic heterocycles. The highest BCUT2D eigenvalue weighted by atomic mass is 79.9. The third kappa shape index (κ3) is 2.32. The van der Waals surface area contributed by atoms with Crippen LogP contribution in [0.5, 0.6) is 0 Å². The highest BCUT2D eigenvalue weighted by Gasteiger charge is 2.52. The minimum Gasteiger partial charge on any atom is -0.457 e. The van der Waals surface area contributed by atoms with Crippen LogP contribution in [0.15, 0.2) is 16.7 Å². The van der Waals surface area contributed by atoms with Crippen LogP contribution >= 0.6 is 15.9 Å². The number of hydrogen-bond acceptors (Lipinski definition) is 4. The van der Waals surface area contributed by atoms with Gasteiger partial charge in [0.05, 0.1) is 11.4 Å². The summed E-state index contributed by atoms with van der Waals surface area (Å²) in [5, 5.41) is 0. The van der Waals surface area contributed by atoms with Crippen molar-refractivity contribution in [1.82, 2.24) is 15.0 Å². The fourth-order valence-electron chi connectivity index (χ4n) is 2.77. The Bertz CT molecular complexity index is 680. The van der Waals surface area contributed by atoms with Gasteiger partial charge in [0, 0.05) is 10.7 Å². The largest absolute Gasteiger partial charge is 0.457 e. The zero-order valence-electron chi connectivity index (χ0n) is 10.8. The molecule has 6 heteroatoms. The number of carbonyl (C=O) groups excluding carboxylic acids is 1. The molecule has 2 saturated carbocycles. The predicted octanol–water partition coefficient (Wildman–Crippen LogP) is 2.81. The van der Waals surface area contributed by atoms with Crippen molar-refractivity contribution in [2.24, 2.45) is 17.8 Å². The van der Waals surface area contributed by atoms with E-state index in [-0.39, 0.29) is 18.5 Å². The average Bonchev–Trinajstić information content (AvgIpc) is 3.29. The lowest BCUT2D eigenvalue weighted by Gasteiger charge is -2.01. The Kier molecular flexibility index (Phi) is 2.80. The van der Waals surface area contributed by atoms with Gasteiger partial charge in [-0.25, -0.2) is 9.97 Å². The van der Waals surface area contributed by atoms with Crippen molar-refractivity contribution in [3.05, 3.63) is 22.6 Å². The van der Waals surface area contributed by atoms with Crippen LogP contribution in [0.3, 0.4) is 0 Å². The number of fused-ring (bicyclic) bond motifs is 1. The first kappa shape index (κ1) is 12.3. The number of nitrogens with zero attached hydrogens (tertiary/aromatic N) is 2. The van der Waals surface area contributed by atoms with Gasteiger partial charge in [0.1, 0.15) is 12.4 Å². The lowest BCUT2D eigenvalue weighted by molar-refractivity contribution is -0.147. The van der Waals surface area contributed by atoms with Gasteiger partial charge in [-0.15, -0.1) is 0 Å². The van der Waals surface area contributed by atoms with Gasteiger partial charge >= 0.3 is 5.97 Å². The van der Waals surface area contributed by atoms with Crippen LogP contribution in [0.1, 0.15) is 25.1 Å². The summed E-state index contributed by atoms with van der Waals surface area (Å²) in [5.41, 5.74) is 1.48. The molecule has 104 valence electrons. The maximum atomic E-state index is 11.9. The van der Waals surface area contributed by atoms with Gasteiger partial charge in [-0.1, -0.05) is 0 Å². The average molecular weight is 336 g/mol. The lowest BCUT2D eigenvalue weighted by Crippen LogP contribution is -2.09. The summed E-state index contributed by atoms with van der Waals surface area (Å²) in [4.78, 5) is 23.5. The highest BCUT2D eigenvalue weighted by molar-refractivity contribution is 9.10. The van der Waals surface area contributed by atoms with Crippen molar-refractivity contribution in [2.45, 2.75) is 25.9 Å². The summed E-state index contributed by atoms with van der Waals surface area (Å²) in [6.07, 6.45) is 5.29. The minimum atomic E-state index is -0.0727. The molecule has 0 amide bonds. The lowest BCUT2D eigenvalue weighted by atomic mass is 10.2. The van der Waals surface area contributed by atoms with Gasteiger partial charge in [0.15, 0.2) is 5.65 Å². The topological polar surface area (TPSA) is 67.9 Å². The van der Waals surface area contributed by atoms with E-state index in [0.717, 1.165) is 22.3 Å². The number of H-pyrrole nitrogens is 1. The summed E-state index contributed by atoms with van der Waals surface area (Å²) >= 11 is 3.36. The van der Waals surface area contributed by atoms with Gasteiger partial charge in [-0.05, 0) is 53.1 Å². The number of ether oxygens (including phenoxy) is 1. The predicted molar refractivity (Wildman–Crippen MR) is 75.7 cm³/mol. The number of carbonyl (C=O) groups is 1. The Morgan fingerprint density at radius 2 is 2.35 bits per heavy atom. The van der Waals surface area contributed by atoms with Crippen LogP contribution in [0.25, 0.3) is 11.2 Å². The van der Waals surface area contributed by atoms with E-state index in [4.69, 9.17) is 4.74 Å². The molecule has 0 unspecified atom stereocenters. The zero-order chi connectivity index (χ0) is 13.7. The highest BCUT2D eigenvalue weighted by Crippen LogP contribution is 2.54. The van der Waals surface area contributed by atoms with E-state index in [1.54, 1.807) is 6.20 Å². The van der Waals surface area contributed by atoms with Crippen LogP contribution < -0.4 is 0 Å². The third-order valence-corrected chi connectivity index (χ3v) is 4.51. The normalized spacial score (nSPS) is 24.9. The summed E-state index contributed by atoms with van der Waals surface area (Å²) in [7, 11) is 0. The molecule has 4 rings (SSSR count). The van der Waals surface area contributed by atoms with Gasteiger partial charge < -0.3 is 9.72 Å². The number of aromatic amines is 1. The monoisotopic (exact) mass is 335 g/mol. The SMILES string of the molecule is O=C(OCc1nc2ncc(Br)cc2[nH]1)[C@H]1C[C@H]1C1CC1. The summed E-state index contributed by atoms with van der Waals surface area (Å²) in [6, 6.07) is 1.91. The second-order valence-electron chi connectivity index (χ2n) is 5.66. The maximum Gasteiger partial charge on any atom is 0.309 e. The fourth-order valence-corrected chi connectivity index (χ4v) is 3.10. The number of halogens is 1. The van der Waals surface area contributed by atoms with Crippen LogP contribution in [0, 0.1) is 17.8 Å². The van der Waals surface area contributed by atoms with E-state index in [1.807, 2.05) is 6.07 Å². The summed E-state index contributed by atoms with van der Waals surface area (Å²) in [6.45, 7) is 0.195. The number of imidazole rings is 1. The molecule has 2 fully saturated rings. The molecule has 0 aromatic carbocycles. The molecule has 2 aliphatic carbocycles. The first-order valence-electron chi connectivity index (χ1n) is 6.87. The van der Waals surface area contributed by atoms with E-state index >= 15 is 0 Å². The van der Waals surface area contributed by atoms with E-state index in [0.29, 0.717) is 17.4 Å². The quantitative estimate of drug-likeness (QED) is 0.872. The molecule has 0 spiro atoms. The Labute approximate surface area is 124 Å². The number of esters is 1. The standard InChI is InChI=1S/C14H14BrN3O2/c15-8-3-11-13(16-5-8)18-12(17-11)6-20-14(19)10-4-9(10)7-1-2-7/h3,5,7,9-10H,1-2,4,6H2,(H,16,17,18)/t9-,10-/m0/s1. The third-order valence-electron chi connectivity index (χ3n) is 4.07. The van der Waals surface area contributed by atoms with Crippen molar-refractivity contribution >= 4 is 33.1 Å². The number of nitrogens with one attached hydrogen (secondary N) is 1. The zero-order valence-corrected chi connectivity index (χ0v) is 12.4. The summed E-state index contributed by atoms with van der Waals surface area (Å²) < 4.78 is 6.24. The van der Waals surface area contributed by atoms with Crippen LogP contribution in [0.4, 0.5) is 0 Å². The van der Waals surface area contributed by atoms with Crippen molar-refractivity contribution in [2.75, 3.05) is 0 Å². The minimum absolute atomic E-state index is 0.0727. The number of hydrogen-bond donors (Lipinski definition) is 1. The van der Waals surface area contributed by atoms with Crippen LogP contribution in [-0.2, 0) is 16.1 Å². The van der Waals surface area contributed by atoms with E-state index in [9.17, 15) is 4.79 Å². The fraction of sp³-hybridized carbons (Fsp3) is 0.500. The van der Waals surface area contributed by atoms with Gasteiger partial charge in [0.25, 0.3) is 0 Å². The van der Waals surface area contributed by atoms with E-state index < -0.39 is 0 Å². The van der Waals surface area contributed by atoms with Gasteiger partial charge in [-0.2, -0.15) is 0 Å². The van der Waals surface area contributed by atoms with E-state index in [2.05, 4.69) is 30.9 Å². The summed E-state index contributed by atoms with van der Waals surface area (Å²) in [5.74, 6) is 2.09. The van der Waals surface area contributed by atoms with Crippen molar-refractivity contribution in [3.8, 4) is 0 Å². The molecular formula is C14H14BrN3O2. The molecule has 2 aromatic heterocycles. The number of rotatable bonds is 4. The Hall–Kier alpha value is -1.43. The molecule has 2 aromatic rings. The molecule has 0 saturated heterocycles. The van der Waals surface area contributed by atoms with Crippen molar-refractivity contribution < 1.29 is 9.53 Å². The van der Waals surface area contributed by atoms with Gasteiger partial charge in [0.2, 0.25) is 0 Å². The number of pyridine rings is 1. The Morgan fingerprint density at radius 3 is 3.15 bits per heavy atom. The van der Waals surface area contributed by atoms with Crippen molar-refractivity contribution in [3.63, 3.8) is 0 Å².